The third-order valence-electron chi connectivity index (χ3n) is 0.886. The van der Waals surface area contributed by atoms with Gasteiger partial charge >= 0.3 is 21.5 Å². The van der Waals surface area contributed by atoms with Gasteiger partial charge in [0.2, 0.25) is 0 Å². The van der Waals surface area contributed by atoms with E-state index in [4.69, 9.17) is 0 Å². The molecule has 0 fully saturated rings. The Hall–Kier alpha value is -0.520. The Balaban J connectivity index is 5.33. The molecule has 0 aromatic heterocycles. The first-order valence-electron chi connectivity index (χ1n) is 2.30. The van der Waals surface area contributed by atoms with Crippen molar-refractivity contribution in [2.45, 2.75) is 11.4 Å². The van der Waals surface area contributed by atoms with E-state index in [1.165, 1.54) is 0 Å². The smallest absolute Gasteiger partial charge is 0.197 e. The monoisotopic (exact) mass is 231 g/mol. The average Bonchev–Trinajstić information content (AvgIpc) is 2.00. The molecule has 0 heterocycles. The lowest BCUT2D eigenvalue weighted by atomic mass is 10.7. The number of nitrogens with two attached hydrogens (primary N) is 1. The molecule has 1 atom stereocenters. The molecule has 0 saturated heterocycles. The largest absolute Gasteiger partial charge is 0.470 e. The van der Waals surface area contributed by atoms with Gasteiger partial charge in [0.15, 0.2) is 0 Å². The zero-order valence-corrected chi connectivity index (χ0v) is 6.32. The van der Waals surface area contributed by atoms with Crippen molar-refractivity contribution in [3.63, 3.8) is 0 Å². The van der Waals surface area contributed by atoms with Gasteiger partial charge in [-0.3, -0.25) is 0 Å². The summed E-state index contributed by atoms with van der Waals surface area (Å²) in [6, 6.07) is 0. The average molecular weight is 231 g/mol. The first-order chi connectivity index (χ1) is 5.62. The van der Waals surface area contributed by atoms with Crippen molar-refractivity contribution in [3.8, 4) is 0 Å². The van der Waals surface area contributed by atoms with Crippen LogP contribution in [0.4, 0.5) is 22.1 Å². The number of rotatable bonds is 3. The van der Waals surface area contributed by atoms with Gasteiger partial charge in [0, 0.05) is 0 Å². The molecule has 0 radical (unpaired) electrons. The number of halogens is 5. The third-order valence-corrected chi connectivity index (χ3v) is 2.08. The van der Waals surface area contributed by atoms with E-state index < -0.39 is 21.5 Å². The van der Waals surface area contributed by atoms with Crippen LogP contribution in [0.25, 0.3) is 0 Å². The molecule has 11 heteroatoms. The van der Waals surface area contributed by atoms with E-state index in [-0.39, 0.29) is 0 Å². The van der Waals surface area contributed by atoms with Gasteiger partial charge in [0.05, 0.1) is 0 Å². The fourth-order valence-electron chi connectivity index (χ4n) is 0.286. The van der Waals surface area contributed by atoms with Crippen LogP contribution in [0.3, 0.4) is 0 Å². The van der Waals surface area contributed by atoms with Crippen molar-refractivity contribution in [2.75, 3.05) is 0 Å². The highest BCUT2D eigenvalue weighted by Gasteiger charge is 2.70. The van der Waals surface area contributed by atoms with E-state index >= 15 is 0 Å². The lowest BCUT2D eigenvalue weighted by Crippen LogP contribution is -2.50. The predicted molar refractivity (Wildman–Crippen MR) is 26.3 cm³/mol. The quantitative estimate of drug-likeness (QED) is 0.558. The van der Waals surface area contributed by atoms with Crippen molar-refractivity contribution in [1.82, 2.24) is 0 Å². The van der Waals surface area contributed by atoms with Crippen LogP contribution in [0.2, 0.25) is 0 Å². The van der Waals surface area contributed by atoms with Crippen LogP contribution in [0, 0.1) is 0 Å². The molecule has 0 saturated carbocycles. The Kier molecular flexibility index (Phi) is 3.19. The maximum atomic E-state index is 12.3. The summed E-state index contributed by atoms with van der Waals surface area (Å²) in [7, 11) is -6.08. The molecular formula is C2H2F5NO4S. The van der Waals surface area contributed by atoms with Crippen LogP contribution in [0.5, 0.6) is 0 Å². The van der Waals surface area contributed by atoms with E-state index in [2.05, 4.69) is 10.2 Å². The van der Waals surface area contributed by atoms with Crippen LogP contribution in [0.15, 0.2) is 0 Å². The first kappa shape index (κ1) is 12.5. The molecule has 0 amide bonds. The third kappa shape index (κ3) is 1.87. The van der Waals surface area contributed by atoms with Crippen LogP contribution in [-0.4, -0.2) is 19.8 Å². The molecule has 13 heavy (non-hydrogen) atoms. The highest BCUT2D eigenvalue weighted by molar-refractivity contribution is 7.87. The number of hydrogen-bond donors (Lipinski definition) is 1. The van der Waals surface area contributed by atoms with Crippen molar-refractivity contribution in [1.29, 1.82) is 0 Å². The molecule has 0 aliphatic heterocycles. The number of hydrogen-bond acceptors (Lipinski definition) is 5. The second kappa shape index (κ2) is 3.32. The van der Waals surface area contributed by atoms with Gasteiger partial charge in [-0.05, 0) is 4.53 Å². The second-order valence-corrected chi connectivity index (χ2v) is 3.29. The molecule has 80 valence electrons. The van der Waals surface area contributed by atoms with E-state index in [0.29, 0.717) is 0 Å². The molecule has 0 aromatic carbocycles. The van der Waals surface area contributed by atoms with Crippen molar-refractivity contribution < 1.29 is 39.7 Å². The molecular weight excluding hydrogens is 229 g/mol. The molecule has 2 N–H and O–H groups in total. The van der Waals surface area contributed by atoms with E-state index in [9.17, 15) is 30.5 Å². The van der Waals surface area contributed by atoms with Gasteiger partial charge < -0.3 is 0 Å². The maximum Gasteiger partial charge on any atom is 0.470 e. The topological polar surface area (TPSA) is 78.6 Å². The molecule has 1 unspecified atom stereocenters. The summed E-state index contributed by atoms with van der Waals surface area (Å²) >= 11 is 0. The molecule has 0 aromatic rings. The van der Waals surface area contributed by atoms with Crippen molar-refractivity contribution in [2.24, 2.45) is 5.90 Å². The van der Waals surface area contributed by atoms with Crippen molar-refractivity contribution in [3.05, 3.63) is 0 Å². The van der Waals surface area contributed by atoms with Gasteiger partial charge in [-0.1, -0.05) is 0 Å². The van der Waals surface area contributed by atoms with Gasteiger partial charge in [0.25, 0.3) is 0 Å². The summed E-state index contributed by atoms with van der Waals surface area (Å²) in [4.78, 5) is 1.67. The minimum absolute atomic E-state index is 1.67. The lowest BCUT2D eigenvalue weighted by molar-refractivity contribution is -0.363. The summed E-state index contributed by atoms with van der Waals surface area (Å²) in [5.41, 5.74) is 0. The van der Waals surface area contributed by atoms with Gasteiger partial charge in [-0.25, -0.2) is 0 Å². The van der Waals surface area contributed by atoms with Gasteiger partial charge in [-0.15, -0.1) is 4.94 Å². The summed E-state index contributed by atoms with van der Waals surface area (Å²) in [6.45, 7) is 0. The zero-order valence-electron chi connectivity index (χ0n) is 5.51. The Morgan fingerprint density at radius 1 is 1.15 bits per heavy atom. The van der Waals surface area contributed by atoms with Crippen LogP contribution >= 0.6 is 0 Å². The SMILES string of the molecule is NOS(=O)(=O)C(F)(OF)C(F)(F)F. The molecule has 0 aliphatic carbocycles. The van der Waals surface area contributed by atoms with Crippen molar-refractivity contribution >= 4 is 10.1 Å². The summed E-state index contributed by atoms with van der Waals surface area (Å²) in [5.74, 6) is 3.79. The number of alkyl halides is 4. The molecule has 0 rings (SSSR count). The Morgan fingerprint density at radius 2 is 1.54 bits per heavy atom. The minimum atomic E-state index is -6.17. The van der Waals surface area contributed by atoms with E-state index in [1.54, 1.807) is 4.94 Å². The summed E-state index contributed by atoms with van der Waals surface area (Å²) in [5, 5.41) is -5.62. The first-order valence-corrected chi connectivity index (χ1v) is 3.71. The minimum Gasteiger partial charge on any atom is -0.197 e. The highest BCUT2D eigenvalue weighted by atomic mass is 32.2. The Labute approximate surface area is 68.2 Å². The summed E-state index contributed by atoms with van der Waals surface area (Å²) < 4.78 is 80.8. The standard InChI is InChI=1S/C2H2F5NO4S/c3-1(4,5)2(6,11-7)13(9,10)12-8/h8H2. The second-order valence-electron chi connectivity index (χ2n) is 1.66. The predicted octanol–water partition coefficient (Wildman–Crippen LogP) is 0.293. The zero-order chi connectivity index (χ0) is 10.9. The normalized spacial score (nSPS) is 18.3. The van der Waals surface area contributed by atoms with E-state index in [1.807, 2.05) is 0 Å². The summed E-state index contributed by atoms with van der Waals surface area (Å²) in [6.07, 6.45) is -6.17. The Morgan fingerprint density at radius 3 is 1.62 bits per heavy atom. The van der Waals surface area contributed by atoms with Crippen LogP contribution in [0.1, 0.15) is 0 Å². The van der Waals surface area contributed by atoms with Gasteiger partial charge in [-0.2, -0.15) is 36.2 Å². The highest BCUT2D eigenvalue weighted by Crippen LogP contribution is 2.40. The van der Waals surface area contributed by atoms with Gasteiger partial charge in [0.1, 0.15) is 0 Å². The lowest BCUT2D eigenvalue weighted by Gasteiger charge is -2.20. The Bertz CT molecular complexity index is 273. The molecule has 0 spiro atoms. The fourth-order valence-corrected chi connectivity index (χ4v) is 0.770. The van der Waals surface area contributed by atoms with Crippen LogP contribution < -0.4 is 5.90 Å². The fraction of sp³-hybridized carbons (Fsp3) is 1.00. The van der Waals surface area contributed by atoms with Crippen LogP contribution in [-0.2, 0) is 19.3 Å². The van der Waals surface area contributed by atoms with E-state index in [0.717, 1.165) is 0 Å². The molecule has 0 aliphatic rings. The maximum absolute atomic E-state index is 12.3. The molecule has 0 bridgehead atoms. The molecule has 5 nitrogen and oxygen atoms in total.